The minimum Gasteiger partial charge on any atom is -0.451 e. The topological polar surface area (TPSA) is 55.4 Å². The third-order valence-electron chi connectivity index (χ3n) is 2.64. The van der Waals surface area contributed by atoms with Crippen molar-refractivity contribution in [2.24, 2.45) is 0 Å². The Morgan fingerprint density at radius 3 is 2.33 bits per heavy atom. The molecule has 1 rings (SSSR count). The van der Waals surface area contributed by atoms with Gasteiger partial charge >= 0.3 is 5.97 Å². The van der Waals surface area contributed by atoms with Crippen LogP contribution in [0.15, 0.2) is 0 Å². The van der Waals surface area contributed by atoms with Crippen LogP contribution in [-0.2, 0) is 14.3 Å². The lowest BCUT2D eigenvalue weighted by atomic mass is 10.1. The highest BCUT2D eigenvalue weighted by atomic mass is 32.2. The van der Waals surface area contributed by atoms with Crippen LogP contribution in [0.25, 0.3) is 0 Å². The van der Waals surface area contributed by atoms with Crippen molar-refractivity contribution >= 4 is 35.4 Å². The van der Waals surface area contributed by atoms with Gasteiger partial charge in [0, 0.05) is 6.42 Å². The molecule has 0 bridgehead atoms. The van der Waals surface area contributed by atoms with Crippen molar-refractivity contribution in [3.05, 3.63) is 0 Å². The Kier molecular flexibility index (Phi) is 7.58. The van der Waals surface area contributed by atoms with Gasteiger partial charge in [0.05, 0.1) is 0 Å². The molecule has 18 heavy (non-hydrogen) atoms. The molecule has 0 aromatic heterocycles. The highest BCUT2D eigenvalue weighted by Crippen LogP contribution is 2.15. The molecule has 0 aromatic carbocycles. The standard InChI is InChI=1S/C12H21NO3S2/c1-3-17-7-5-9-12(15)16-10(11(14)13-9)6-8-18-4-2/h9-10H,3-8H2,1-2H3,(H,13,14)/t9-,10-/m1/s1. The molecule has 1 N–H and O–H groups in total. The molecule has 0 aromatic rings. The minimum atomic E-state index is -0.591. The quantitative estimate of drug-likeness (QED) is 0.545. The van der Waals surface area contributed by atoms with Crippen LogP contribution in [0.3, 0.4) is 0 Å². The summed E-state index contributed by atoms with van der Waals surface area (Å²) in [5.74, 6) is 3.33. The molecule has 104 valence electrons. The number of carbonyl (C=O) groups is 2. The molecule has 1 aliphatic heterocycles. The fourth-order valence-corrected chi connectivity index (χ4v) is 3.02. The van der Waals surface area contributed by atoms with Gasteiger partial charge < -0.3 is 10.1 Å². The van der Waals surface area contributed by atoms with Gasteiger partial charge in [-0.15, -0.1) is 0 Å². The predicted octanol–water partition coefficient (Wildman–Crippen LogP) is 1.68. The summed E-state index contributed by atoms with van der Waals surface area (Å²) >= 11 is 3.51. The van der Waals surface area contributed by atoms with Gasteiger partial charge in [-0.05, 0) is 29.4 Å². The van der Waals surface area contributed by atoms with E-state index in [2.05, 4.69) is 19.2 Å². The maximum absolute atomic E-state index is 11.8. The van der Waals surface area contributed by atoms with E-state index in [-0.39, 0.29) is 11.9 Å². The van der Waals surface area contributed by atoms with Crippen LogP contribution < -0.4 is 5.32 Å². The van der Waals surface area contributed by atoms with E-state index in [0.29, 0.717) is 12.8 Å². The highest BCUT2D eigenvalue weighted by Gasteiger charge is 2.34. The first-order valence-corrected chi connectivity index (χ1v) is 8.66. The highest BCUT2D eigenvalue weighted by molar-refractivity contribution is 7.99. The summed E-state index contributed by atoms with van der Waals surface area (Å²) in [6.45, 7) is 4.14. The largest absolute Gasteiger partial charge is 0.451 e. The molecule has 1 fully saturated rings. The second-order valence-corrected chi connectivity index (χ2v) is 6.75. The van der Waals surface area contributed by atoms with Crippen LogP contribution in [0, 0.1) is 0 Å². The number of morpholine rings is 1. The number of ether oxygens (including phenoxy) is 1. The lowest BCUT2D eigenvalue weighted by Gasteiger charge is -2.28. The second-order valence-electron chi connectivity index (χ2n) is 3.96. The summed E-state index contributed by atoms with van der Waals surface area (Å²) in [6.07, 6.45) is 0.665. The number of rotatable bonds is 8. The van der Waals surface area contributed by atoms with Crippen molar-refractivity contribution in [3.8, 4) is 0 Å². The number of thioether (sulfide) groups is 2. The van der Waals surface area contributed by atoms with Gasteiger partial charge in [0.1, 0.15) is 6.04 Å². The molecule has 0 aliphatic carbocycles. The van der Waals surface area contributed by atoms with E-state index < -0.39 is 12.1 Å². The van der Waals surface area contributed by atoms with Crippen LogP contribution in [0.2, 0.25) is 0 Å². The molecule has 4 nitrogen and oxygen atoms in total. The second kappa shape index (κ2) is 8.69. The van der Waals surface area contributed by atoms with Crippen LogP contribution in [-0.4, -0.2) is 47.0 Å². The minimum absolute atomic E-state index is 0.141. The third kappa shape index (κ3) is 5.10. The summed E-state index contributed by atoms with van der Waals surface area (Å²) in [5.41, 5.74) is 0. The Balaban J connectivity index is 2.34. The molecular formula is C12H21NO3S2. The van der Waals surface area contributed by atoms with Gasteiger partial charge in [-0.1, -0.05) is 13.8 Å². The monoisotopic (exact) mass is 291 g/mol. The summed E-state index contributed by atoms with van der Waals surface area (Å²) in [4.78, 5) is 23.5. The lowest BCUT2D eigenvalue weighted by Crippen LogP contribution is -2.54. The fraction of sp³-hybridized carbons (Fsp3) is 0.833. The van der Waals surface area contributed by atoms with Crippen molar-refractivity contribution in [2.75, 3.05) is 23.0 Å². The Labute approximate surface area is 117 Å². The van der Waals surface area contributed by atoms with Crippen molar-refractivity contribution in [1.82, 2.24) is 5.32 Å². The first-order chi connectivity index (χ1) is 8.69. The number of nitrogens with one attached hydrogen (secondary N) is 1. The SMILES string of the molecule is CCSCC[C@H]1NC(=O)[C@@H](CCSCC)OC1=O. The molecule has 0 radical (unpaired) electrons. The van der Waals surface area contributed by atoms with Crippen LogP contribution in [0.4, 0.5) is 0 Å². The zero-order chi connectivity index (χ0) is 13.4. The Hall–Kier alpha value is -0.360. The molecule has 1 amide bonds. The zero-order valence-corrected chi connectivity index (χ0v) is 12.6. The molecule has 0 spiro atoms. The number of amides is 1. The van der Waals surface area contributed by atoms with E-state index in [9.17, 15) is 9.59 Å². The number of cyclic esters (lactones) is 1. The number of carbonyl (C=O) groups excluding carboxylic acids is 2. The third-order valence-corrected chi connectivity index (χ3v) is 4.50. The van der Waals surface area contributed by atoms with Crippen LogP contribution >= 0.6 is 23.5 Å². The lowest BCUT2D eigenvalue weighted by molar-refractivity contribution is -0.165. The Bertz CT molecular complexity index is 258. The normalized spacial score (nSPS) is 23.7. The molecule has 1 aliphatic rings. The molecule has 2 atom stereocenters. The van der Waals surface area contributed by atoms with Gasteiger partial charge in [0.2, 0.25) is 0 Å². The van der Waals surface area contributed by atoms with Gasteiger partial charge in [-0.25, -0.2) is 4.79 Å². The van der Waals surface area contributed by atoms with E-state index in [4.69, 9.17) is 4.74 Å². The van der Waals surface area contributed by atoms with Gasteiger partial charge in [0.25, 0.3) is 5.91 Å². The first-order valence-electron chi connectivity index (χ1n) is 6.35. The summed E-state index contributed by atoms with van der Waals surface area (Å²) in [5, 5.41) is 2.77. The van der Waals surface area contributed by atoms with Gasteiger partial charge in [0.15, 0.2) is 6.10 Å². The summed E-state index contributed by atoms with van der Waals surface area (Å²) in [6, 6.07) is -0.452. The maximum Gasteiger partial charge on any atom is 0.329 e. The van der Waals surface area contributed by atoms with E-state index in [1.807, 2.05) is 0 Å². The summed E-state index contributed by atoms with van der Waals surface area (Å²) < 4.78 is 5.21. The average molecular weight is 291 g/mol. The van der Waals surface area contributed by atoms with Gasteiger partial charge in [-0.3, -0.25) is 4.79 Å². The fourth-order valence-electron chi connectivity index (χ4n) is 1.66. The first kappa shape index (κ1) is 15.7. The van der Waals surface area contributed by atoms with E-state index >= 15 is 0 Å². The Morgan fingerprint density at radius 2 is 1.72 bits per heavy atom. The number of hydrogen-bond acceptors (Lipinski definition) is 5. The average Bonchev–Trinajstić information content (AvgIpc) is 2.35. The molecule has 1 saturated heterocycles. The predicted molar refractivity (Wildman–Crippen MR) is 77.0 cm³/mol. The number of esters is 1. The smallest absolute Gasteiger partial charge is 0.329 e. The van der Waals surface area contributed by atoms with Crippen LogP contribution in [0.1, 0.15) is 26.7 Å². The van der Waals surface area contributed by atoms with E-state index in [0.717, 1.165) is 23.0 Å². The number of hydrogen-bond donors (Lipinski definition) is 1. The molecular weight excluding hydrogens is 270 g/mol. The van der Waals surface area contributed by atoms with Gasteiger partial charge in [-0.2, -0.15) is 23.5 Å². The Morgan fingerprint density at radius 1 is 1.11 bits per heavy atom. The van der Waals surface area contributed by atoms with E-state index in [1.165, 1.54) is 0 Å². The van der Waals surface area contributed by atoms with Crippen molar-refractivity contribution in [3.63, 3.8) is 0 Å². The molecule has 0 unspecified atom stereocenters. The summed E-state index contributed by atoms with van der Waals surface area (Å²) in [7, 11) is 0. The van der Waals surface area contributed by atoms with Crippen LogP contribution in [0.5, 0.6) is 0 Å². The van der Waals surface area contributed by atoms with Crippen molar-refractivity contribution in [2.45, 2.75) is 38.8 Å². The van der Waals surface area contributed by atoms with Crippen molar-refractivity contribution < 1.29 is 14.3 Å². The maximum atomic E-state index is 11.8. The molecule has 0 saturated carbocycles. The molecule has 1 heterocycles. The van der Waals surface area contributed by atoms with Crippen molar-refractivity contribution in [1.29, 1.82) is 0 Å². The van der Waals surface area contributed by atoms with E-state index in [1.54, 1.807) is 23.5 Å². The zero-order valence-electron chi connectivity index (χ0n) is 10.9. The molecule has 6 heteroatoms.